The van der Waals surface area contributed by atoms with E-state index in [0.29, 0.717) is 37.4 Å². The lowest BCUT2D eigenvalue weighted by Gasteiger charge is -2.33. The molecule has 4 rings (SSSR count). The standard InChI is InChI=1S/C24H32N4O3S2/c1-15-13-16(2)18(4)22(17(15)3)33(30,31)27-9-7-20(8-10-27)23(29)26(6)14-21-19(5)25-24-28(21)11-12-32-24/h11-13,20H,7-10,14H2,1-6H3. The van der Waals surface area contributed by atoms with Gasteiger partial charge in [-0.3, -0.25) is 9.20 Å². The number of carbonyl (C=O) groups excluding carboxylic acids is 1. The molecular weight excluding hydrogens is 456 g/mol. The Kier molecular flexibility index (Phi) is 6.41. The summed E-state index contributed by atoms with van der Waals surface area (Å²) in [5.74, 6) is -0.107. The summed E-state index contributed by atoms with van der Waals surface area (Å²) in [5.41, 5.74) is 5.54. The van der Waals surface area contributed by atoms with E-state index in [9.17, 15) is 13.2 Å². The number of amides is 1. The zero-order valence-electron chi connectivity index (χ0n) is 20.2. The number of rotatable bonds is 5. The van der Waals surface area contributed by atoms with Crippen LogP contribution in [0, 0.1) is 40.5 Å². The average Bonchev–Trinajstić information content (AvgIpc) is 3.33. The number of imidazole rings is 1. The summed E-state index contributed by atoms with van der Waals surface area (Å²) in [6.07, 6.45) is 3.04. The van der Waals surface area contributed by atoms with Crippen LogP contribution in [0.25, 0.3) is 4.96 Å². The third-order valence-electron chi connectivity index (χ3n) is 7.02. The Labute approximate surface area is 200 Å². The maximum Gasteiger partial charge on any atom is 0.243 e. The van der Waals surface area contributed by atoms with Crippen molar-refractivity contribution in [2.75, 3.05) is 20.1 Å². The Bertz CT molecular complexity index is 1290. The molecule has 2 aromatic heterocycles. The highest BCUT2D eigenvalue weighted by molar-refractivity contribution is 7.89. The summed E-state index contributed by atoms with van der Waals surface area (Å²) in [6, 6.07) is 2.04. The van der Waals surface area contributed by atoms with Gasteiger partial charge in [-0.15, -0.1) is 11.3 Å². The van der Waals surface area contributed by atoms with Gasteiger partial charge in [-0.1, -0.05) is 6.07 Å². The highest BCUT2D eigenvalue weighted by Gasteiger charge is 2.35. The van der Waals surface area contributed by atoms with Crippen LogP contribution < -0.4 is 0 Å². The minimum atomic E-state index is -3.60. The number of aromatic nitrogens is 2. The van der Waals surface area contributed by atoms with Crippen molar-refractivity contribution in [3.63, 3.8) is 0 Å². The molecule has 1 aromatic carbocycles. The summed E-state index contributed by atoms with van der Waals surface area (Å²) in [7, 11) is -1.79. The molecule has 178 valence electrons. The molecule has 0 bridgehead atoms. The van der Waals surface area contributed by atoms with Gasteiger partial charge in [0.2, 0.25) is 15.9 Å². The molecule has 1 aliphatic heterocycles. The number of carbonyl (C=O) groups is 1. The molecular formula is C24H32N4O3S2. The summed E-state index contributed by atoms with van der Waals surface area (Å²) in [4.78, 5) is 20.8. The Morgan fingerprint density at radius 2 is 1.73 bits per heavy atom. The summed E-state index contributed by atoms with van der Waals surface area (Å²) >= 11 is 1.58. The summed E-state index contributed by atoms with van der Waals surface area (Å²) in [6.45, 7) is 10.8. The molecule has 1 amide bonds. The van der Waals surface area contributed by atoms with Crippen LogP contribution in [0.2, 0.25) is 0 Å². The van der Waals surface area contributed by atoms with Crippen molar-refractivity contribution >= 4 is 32.2 Å². The molecule has 0 unspecified atom stereocenters. The molecule has 3 aromatic rings. The SMILES string of the molecule is Cc1cc(C)c(C)c(S(=O)(=O)N2CCC(C(=O)N(C)Cc3c(C)nc4sccn34)CC2)c1C. The Morgan fingerprint density at radius 1 is 1.12 bits per heavy atom. The fourth-order valence-corrected chi connectivity index (χ4v) is 7.61. The molecule has 7 nitrogen and oxygen atoms in total. The molecule has 1 fully saturated rings. The van der Waals surface area contributed by atoms with Crippen LogP contribution in [0.5, 0.6) is 0 Å². The third kappa shape index (κ3) is 4.22. The minimum absolute atomic E-state index is 0.0652. The van der Waals surface area contributed by atoms with Gasteiger partial charge in [-0.25, -0.2) is 13.4 Å². The molecule has 33 heavy (non-hydrogen) atoms. The number of hydrogen-bond donors (Lipinski definition) is 0. The fraction of sp³-hybridized carbons (Fsp3) is 0.500. The molecule has 0 atom stereocenters. The van der Waals surface area contributed by atoms with E-state index >= 15 is 0 Å². The first-order chi connectivity index (χ1) is 15.5. The van der Waals surface area contributed by atoms with E-state index in [1.54, 1.807) is 20.5 Å². The Balaban J connectivity index is 1.46. The Hall–Kier alpha value is -2.23. The maximum absolute atomic E-state index is 13.5. The van der Waals surface area contributed by atoms with Crippen molar-refractivity contribution in [3.8, 4) is 0 Å². The number of aryl methyl sites for hydroxylation is 3. The normalized spacial score (nSPS) is 15.9. The van der Waals surface area contributed by atoms with E-state index < -0.39 is 10.0 Å². The summed E-state index contributed by atoms with van der Waals surface area (Å²) in [5, 5.41) is 1.99. The molecule has 1 saturated heterocycles. The van der Waals surface area contributed by atoms with Crippen molar-refractivity contribution in [1.82, 2.24) is 18.6 Å². The number of piperidine rings is 1. The molecule has 0 spiro atoms. The lowest BCUT2D eigenvalue weighted by molar-refractivity contribution is -0.136. The van der Waals surface area contributed by atoms with Crippen molar-refractivity contribution in [3.05, 3.63) is 51.3 Å². The zero-order chi connectivity index (χ0) is 24.1. The third-order valence-corrected chi connectivity index (χ3v) is 9.95. The minimum Gasteiger partial charge on any atom is -0.340 e. The van der Waals surface area contributed by atoms with Crippen molar-refractivity contribution in [2.45, 2.75) is 58.9 Å². The molecule has 1 aliphatic rings. The predicted molar refractivity (Wildman–Crippen MR) is 131 cm³/mol. The first-order valence-corrected chi connectivity index (χ1v) is 13.6. The first-order valence-electron chi connectivity index (χ1n) is 11.3. The zero-order valence-corrected chi connectivity index (χ0v) is 21.8. The molecule has 9 heteroatoms. The number of hydrogen-bond acceptors (Lipinski definition) is 5. The highest BCUT2D eigenvalue weighted by Crippen LogP contribution is 2.31. The summed E-state index contributed by atoms with van der Waals surface area (Å²) < 4.78 is 30.6. The van der Waals surface area contributed by atoms with E-state index in [0.717, 1.165) is 38.6 Å². The molecule has 0 saturated carbocycles. The monoisotopic (exact) mass is 488 g/mol. The smallest absolute Gasteiger partial charge is 0.243 e. The average molecular weight is 489 g/mol. The molecule has 0 N–H and O–H groups in total. The number of sulfonamides is 1. The van der Waals surface area contributed by atoms with Gasteiger partial charge >= 0.3 is 0 Å². The van der Waals surface area contributed by atoms with E-state index in [2.05, 4.69) is 4.98 Å². The van der Waals surface area contributed by atoms with Gasteiger partial charge in [0.25, 0.3) is 0 Å². The van der Waals surface area contributed by atoms with E-state index in [1.807, 2.05) is 63.7 Å². The van der Waals surface area contributed by atoms with E-state index in [4.69, 9.17) is 0 Å². The molecule has 0 radical (unpaired) electrons. The molecule has 3 heterocycles. The second-order valence-corrected chi connectivity index (χ2v) is 11.9. The van der Waals surface area contributed by atoms with Crippen LogP contribution in [0.1, 0.15) is 46.5 Å². The van der Waals surface area contributed by atoms with Crippen molar-refractivity contribution < 1.29 is 13.2 Å². The van der Waals surface area contributed by atoms with Crippen molar-refractivity contribution in [1.29, 1.82) is 0 Å². The van der Waals surface area contributed by atoms with Gasteiger partial charge in [0.15, 0.2) is 4.96 Å². The highest BCUT2D eigenvalue weighted by atomic mass is 32.2. The lowest BCUT2D eigenvalue weighted by atomic mass is 9.96. The van der Waals surface area contributed by atoms with Crippen molar-refractivity contribution in [2.24, 2.45) is 5.92 Å². The van der Waals surface area contributed by atoms with Gasteiger partial charge < -0.3 is 4.90 Å². The topological polar surface area (TPSA) is 75.0 Å². The van der Waals surface area contributed by atoms with E-state index in [-0.39, 0.29) is 11.8 Å². The van der Waals surface area contributed by atoms with Crippen LogP contribution >= 0.6 is 11.3 Å². The van der Waals surface area contributed by atoms with Gasteiger partial charge in [-0.2, -0.15) is 4.31 Å². The van der Waals surface area contributed by atoms with Crippen LogP contribution in [0.3, 0.4) is 0 Å². The number of nitrogens with zero attached hydrogens (tertiary/aromatic N) is 4. The number of benzene rings is 1. The maximum atomic E-state index is 13.5. The number of thiazole rings is 1. The molecule has 0 aliphatic carbocycles. The van der Waals surface area contributed by atoms with Gasteiger partial charge in [0, 0.05) is 37.6 Å². The van der Waals surface area contributed by atoms with Gasteiger partial charge in [0.05, 0.1) is 22.8 Å². The van der Waals surface area contributed by atoms with Gasteiger partial charge in [0.1, 0.15) is 0 Å². The predicted octanol–water partition coefficient (Wildman–Crippen LogP) is 4.00. The lowest BCUT2D eigenvalue weighted by Crippen LogP contribution is -2.43. The largest absolute Gasteiger partial charge is 0.340 e. The van der Waals surface area contributed by atoms with Crippen LogP contribution in [0.4, 0.5) is 0 Å². The van der Waals surface area contributed by atoms with Crippen LogP contribution in [0.15, 0.2) is 22.5 Å². The van der Waals surface area contributed by atoms with Crippen LogP contribution in [-0.4, -0.2) is 53.1 Å². The van der Waals surface area contributed by atoms with E-state index in [1.165, 1.54) is 0 Å². The fourth-order valence-electron chi connectivity index (χ4n) is 4.79. The second kappa shape index (κ2) is 8.85. The quantitative estimate of drug-likeness (QED) is 0.544. The second-order valence-electron chi connectivity index (χ2n) is 9.16. The number of fused-ring (bicyclic) bond motifs is 1. The first kappa shape index (κ1) is 23.9. The van der Waals surface area contributed by atoms with Crippen LogP contribution in [-0.2, 0) is 21.4 Å². The Morgan fingerprint density at radius 3 is 2.33 bits per heavy atom. The van der Waals surface area contributed by atoms with Gasteiger partial charge in [-0.05, 0) is 69.7 Å².